The molecule has 1 atom stereocenters. The van der Waals surface area contributed by atoms with Gasteiger partial charge in [0.05, 0.1) is 6.54 Å². The molecule has 1 aromatic carbocycles. The molecule has 0 unspecified atom stereocenters. The number of carbonyl (C=O) groups excluding carboxylic acids is 1. The van der Waals surface area contributed by atoms with Gasteiger partial charge in [0.1, 0.15) is 24.2 Å². The van der Waals surface area contributed by atoms with Crippen LogP contribution in [0.3, 0.4) is 0 Å². The molecule has 134 valence electrons. The minimum absolute atomic E-state index is 0.138. The fourth-order valence-electron chi connectivity index (χ4n) is 3.23. The molecule has 1 aliphatic heterocycles. The van der Waals surface area contributed by atoms with Crippen LogP contribution in [0.1, 0.15) is 35.6 Å². The van der Waals surface area contributed by atoms with Crippen LogP contribution in [0.5, 0.6) is 11.5 Å². The quantitative estimate of drug-likeness (QED) is 0.883. The number of carbonyl (C=O) groups is 1. The smallest absolute Gasteiger partial charge is 0.263 e. The molecule has 0 aliphatic carbocycles. The van der Waals surface area contributed by atoms with E-state index >= 15 is 0 Å². The van der Waals surface area contributed by atoms with Crippen LogP contribution < -0.4 is 10.1 Å². The zero-order chi connectivity index (χ0) is 18.2. The van der Waals surface area contributed by atoms with E-state index in [2.05, 4.69) is 15.4 Å². The topological polar surface area (TPSA) is 89.3 Å². The number of benzene rings is 1. The third-order valence-corrected chi connectivity index (χ3v) is 5.09. The van der Waals surface area contributed by atoms with E-state index in [1.54, 1.807) is 11.0 Å². The summed E-state index contributed by atoms with van der Waals surface area (Å²) in [6.45, 7) is 8.51. The van der Waals surface area contributed by atoms with Crippen molar-refractivity contribution in [3.8, 4) is 11.5 Å². The van der Waals surface area contributed by atoms with E-state index in [0.717, 1.165) is 28.0 Å². The van der Waals surface area contributed by atoms with Crippen molar-refractivity contribution < 1.29 is 14.6 Å². The first-order valence-corrected chi connectivity index (χ1v) is 8.45. The summed E-state index contributed by atoms with van der Waals surface area (Å²) in [4.78, 5) is 16.6. The Morgan fingerprint density at radius 2 is 2.12 bits per heavy atom. The standard InChI is InChI=1S/C18H24N4O3/c1-11-12(2)16-14(13(3)15(11)23)5-6-18(4,25-16)17(24)20-7-8-22-10-19-9-21-22/h9-10,23H,5-8H2,1-4H3,(H,20,24)/t18-/m0/s1. The van der Waals surface area contributed by atoms with Gasteiger partial charge in [-0.3, -0.25) is 9.48 Å². The Balaban J connectivity index is 1.75. The van der Waals surface area contributed by atoms with Gasteiger partial charge in [-0.25, -0.2) is 4.98 Å². The number of phenolic OH excluding ortho intramolecular Hbond substituents is 1. The fraction of sp³-hybridized carbons (Fsp3) is 0.500. The Bertz CT molecular complexity index is 801. The van der Waals surface area contributed by atoms with Crippen LogP contribution in [0.25, 0.3) is 0 Å². The maximum absolute atomic E-state index is 12.7. The lowest BCUT2D eigenvalue weighted by atomic mass is 9.86. The lowest BCUT2D eigenvalue weighted by Gasteiger charge is -2.36. The second-order valence-electron chi connectivity index (χ2n) is 6.78. The second-order valence-corrected chi connectivity index (χ2v) is 6.78. The summed E-state index contributed by atoms with van der Waals surface area (Å²) in [5.41, 5.74) is 2.60. The van der Waals surface area contributed by atoms with Gasteiger partial charge in [-0.2, -0.15) is 5.10 Å². The number of nitrogens with one attached hydrogen (secondary N) is 1. The number of fused-ring (bicyclic) bond motifs is 1. The highest BCUT2D eigenvalue weighted by atomic mass is 16.5. The molecular formula is C18H24N4O3. The van der Waals surface area contributed by atoms with Gasteiger partial charge in [-0.15, -0.1) is 0 Å². The molecule has 2 N–H and O–H groups in total. The van der Waals surface area contributed by atoms with Crippen LogP contribution in [0.15, 0.2) is 12.7 Å². The van der Waals surface area contributed by atoms with Crippen molar-refractivity contribution in [2.24, 2.45) is 0 Å². The number of aromatic hydroxyl groups is 1. The van der Waals surface area contributed by atoms with Crippen molar-refractivity contribution in [1.29, 1.82) is 0 Å². The van der Waals surface area contributed by atoms with E-state index in [9.17, 15) is 9.90 Å². The first-order chi connectivity index (χ1) is 11.8. The van der Waals surface area contributed by atoms with Crippen LogP contribution >= 0.6 is 0 Å². The van der Waals surface area contributed by atoms with E-state index in [-0.39, 0.29) is 5.91 Å². The number of nitrogens with zero attached hydrogens (tertiary/aromatic N) is 3. The molecule has 0 spiro atoms. The summed E-state index contributed by atoms with van der Waals surface area (Å²) in [5.74, 6) is 0.912. The zero-order valence-corrected chi connectivity index (χ0v) is 15.1. The molecule has 0 radical (unpaired) electrons. The largest absolute Gasteiger partial charge is 0.507 e. The Kier molecular flexibility index (Phi) is 4.41. The molecule has 1 aliphatic rings. The fourth-order valence-corrected chi connectivity index (χ4v) is 3.23. The third-order valence-electron chi connectivity index (χ3n) is 5.09. The molecule has 0 saturated heterocycles. The molecule has 0 saturated carbocycles. The molecule has 0 fully saturated rings. The number of amides is 1. The average Bonchev–Trinajstić information content (AvgIpc) is 3.11. The number of phenols is 1. The second kappa shape index (κ2) is 6.38. The lowest BCUT2D eigenvalue weighted by molar-refractivity contribution is -0.136. The van der Waals surface area contributed by atoms with Gasteiger partial charge in [0, 0.05) is 18.5 Å². The predicted molar refractivity (Wildman–Crippen MR) is 92.7 cm³/mol. The molecule has 7 heteroatoms. The van der Waals surface area contributed by atoms with Crippen molar-refractivity contribution in [2.45, 2.75) is 52.7 Å². The van der Waals surface area contributed by atoms with E-state index < -0.39 is 5.60 Å². The van der Waals surface area contributed by atoms with Crippen molar-refractivity contribution in [3.05, 3.63) is 34.9 Å². The molecule has 0 bridgehead atoms. The maximum Gasteiger partial charge on any atom is 0.263 e. The molecule has 1 aromatic heterocycles. The number of hydrogen-bond acceptors (Lipinski definition) is 5. The summed E-state index contributed by atoms with van der Waals surface area (Å²) in [5, 5.41) is 17.2. The summed E-state index contributed by atoms with van der Waals surface area (Å²) < 4.78 is 7.82. The van der Waals surface area contributed by atoms with Gasteiger partial charge in [0.25, 0.3) is 5.91 Å². The first kappa shape index (κ1) is 17.3. The van der Waals surface area contributed by atoms with Crippen LogP contribution in [0.2, 0.25) is 0 Å². The van der Waals surface area contributed by atoms with Crippen molar-refractivity contribution in [1.82, 2.24) is 20.1 Å². The van der Waals surface area contributed by atoms with E-state index in [1.807, 2.05) is 27.7 Å². The SMILES string of the molecule is Cc1c(C)c2c(c(C)c1O)CC[C@@](C)(C(=O)NCCn1cncn1)O2. The van der Waals surface area contributed by atoms with Crippen LogP contribution in [-0.4, -0.2) is 37.9 Å². The number of ether oxygens (including phenoxy) is 1. The molecule has 2 aromatic rings. The van der Waals surface area contributed by atoms with Gasteiger partial charge < -0.3 is 15.2 Å². The maximum atomic E-state index is 12.7. The highest BCUT2D eigenvalue weighted by Crippen LogP contribution is 2.43. The summed E-state index contributed by atoms with van der Waals surface area (Å²) >= 11 is 0. The highest BCUT2D eigenvalue weighted by Gasteiger charge is 2.40. The Labute approximate surface area is 147 Å². The third kappa shape index (κ3) is 3.06. The van der Waals surface area contributed by atoms with Crippen molar-refractivity contribution in [3.63, 3.8) is 0 Å². The average molecular weight is 344 g/mol. The highest BCUT2D eigenvalue weighted by molar-refractivity contribution is 5.85. The predicted octanol–water partition coefficient (Wildman–Crippen LogP) is 1.81. The van der Waals surface area contributed by atoms with E-state index in [4.69, 9.17) is 4.74 Å². The van der Waals surface area contributed by atoms with Crippen molar-refractivity contribution >= 4 is 5.91 Å². The van der Waals surface area contributed by atoms with Crippen molar-refractivity contribution in [2.75, 3.05) is 6.54 Å². The lowest BCUT2D eigenvalue weighted by Crippen LogP contribution is -2.51. The van der Waals surface area contributed by atoms with Crippen LogP contribution in [-0.2, 0) is 17.8 Å². The summed E-state index contributed by atoms with van der Waals surface area (Å²) in [6.07, 6.45) is 4.34. The van der Waals surface area contributed by atoms with Crippen LogP contribution in [0.4, 0.5) is 0 Å². The molecule has 1 amide bonds. The minimum atomic E-state index is -0.921. The number of rotatable bonds is 4. The molecule has 3 rings (SSSR count). The number of hydrogen-bond donors (Lipinski definition) is 2. The van der Waals surface area contributed by atoms with Crippen LogP contribution in [0, 0.1) is 20.8 Å². The summed E-state index contributed by atoms with van der Waals surface area (Å²) in [7, 11) is 0. The molecule has 7 nitrogen and oxygen atoms in total. The Morgan fingerprint density at radius 3 is 2.80 bits per heavy atom. The zero-order valence-electron chi connectivity index (χ0n) is 15.1. The van der Waals surface area contributed by atoms with Gasteiger partial charge in [0.2, 0.25) is 0 Å². The van der Waals surface area contributed by atoms with E-state index in [0.29, 0.717) is 31.7 Å². The monoisotopic (exact) mass is 344 g/mol. The van der Waals surface area contributed by atoms with Gasteiger partial charge in [-0.1, -0.05) is 0 Å². The minimum Gasteiger partial charge on any atom is -0.507 e. The Hall–Kier alpha value is -2.57. The molecule has 25 heavy (non-hydrogen) atoms. The van der Waals surface area contributed by atoms with Gasteiger partial charge >= 0.3 is 0 Å². The molecule has 2 heterocycles. The Morgan fingerprint density at radius 1 is 1.36 bits per heavy atom. The first-order valence-electron chi connectivity index (χ1n) is 8.45. The van der Waals surface area contributed by atoms with Gasteiger partial charge in [-0.05, 0) is 50.8 Å². The van der Waals surface area contributed by atoms with Gasteiger partial charge in [0.15, 0.2) is 5.60 Å². The normalized spacial score (nSPS) is 19.2. The number of aromatic nitrogens is 3. The molecular weight excluding hydrogens is 320 g/mol. The summed E-state index contributed by atoms with van der Waals surface area (Å²) in [6, 6.07) is 0. The van der Waals surface area contributed by atoms with E-state index in [1.165, 1.54) is 6.33 Å².